The molecule has 3 aromatic rings. The second-order valence-electron chi connectivity index (χ2n) is 7.06. The fraction of sp³-hybridized carbons (Fsp3) is 0.227. The second kappa shape index (κ2) is 8.35. The van der Waals surface area contributed by atoms with Gasteiger partial charge in [-0.1, -0.05) is 30.3 Å². The highest BCUT2D eigenvalue weighted by Crippen LogP contribution is 2.37. The molecule has 0 saturated heterocycles. The van der Waals surface area contributed by atoms with Crippen molar-refractivity contribution >= 4 is 22.6 Å². The zero-order chi connectivity index (χ0) is 22.0. The number of para-hydroxylation sites is 1. The Balaban J connectivity index is 1.81. The molecule has 0 saturated carbocycles. The highest BCUT2D eigenvalue weighted by atomic mass is 19.4. The highest BCUT2D eigenvalue weighted by Gasteiger charge is 2.34. The highest BCUT2D eigenvalue weighted by molar-refractivity contribution is 5.92. The first-order valence-electron chi connectivity index (χ1n) is 9.56. The number of ether oxygens (including phenoxy) is 1. The van der Waals surface area contributed by atoms with Crippen LogP contribution >= 0.6 is 0 Å². The van der Waals surface area contributed by atoms with E-state index in [0.717, 1.165) is 11.6 Å². The van der Waals surface area contributed by atoms with Crippen molar-refractivity contribution in [2.24, 2.45) is 4.99 Å². The summed E-state index contributed by atoms with van der Waals surface area (Å²) in [6.07, 6.45) is -4.52. The summed E-state index contributed by atoms with van der Waals surface area (Å²) in [6.45, 7) is 2.69. The molecule has 0 spiro atoms. The van der Waals surface area contributed by atoms with E-state index in [0.29, 0.717) is 41.5 Å². The Kier molecular flexibility index (Phi) is 5.60. The van der Waals surface area contributed by atoms with Gasteiger partial charge in [-0.25, -0.2) is 9.97 Å². The van der Waals surface area contributed by atoms with Crippen LogP contribution in [0.5, 0.6) is 0 Å². The Labute approximate surface area is 176 Å². The van der Waals surface area contributed by atoms with Crippen LogP contribution in [0.4, 0.5) is 19.0 Å². The van der Waals surface area contributed by atoms with Crippen molar-refractivity contribution in [2.45, 2.75) is 13.1 Å². The number of rotatable bonds is 5. The number of anilines is 1. The Morgan fingerprint density at radius 3 is 2.58 bits per heavy atom. The van der Waals surface area contributed by atoms with Crippen LogP contribution in [0.15, 0.2) is 64.9 Å². The molecule has 31 heavy (non-hydrogen) atoms. The number of nitrogens with one attached hydrogen (secondary N) is 2. The standard InChI is InChI=1S/C22H20F3N5O/c1-13-11-26-18(12-31-2)28-19(13)29-21-15-8-4-6-10-17(15)27-20(30-21)14-7-3-5-9-16(14)22(23,24)25/h3-10H,11-12H2,1-2H3,(H,26,28)(H,27,29,30). The molecule has 6 nitrogen and oxygen atoms in total. The summed E-state index contributed by atoms with van der Waals surface area (Å²) in [4.78, 5) is 13.3. The number of fused-ring (bicyclic) bond motifs is 1. The zero-order valence-corrected chi connectivity index (χ0v) is 16.9. The van der Waals surface area contributed by atoms with Crippen molar-refractivity contribution in [1.29, 1.82) is 0 Å². The Hall–Kier alpha value is -3.46. The molecule has 2 aromatic carbocycles. The molecule has 0 fully saturated rings. The maximum Gasteiger partial charge on any atom is 0.417 e. The molecule has 2 heterocycles. The van der Waals surface area contributed by atoms with Gasteiger partial charge in [-0.2, -0.15) is 13.2 Å². The van der Waals surface area contributed by atoms with Crippen LogP contribution in [-0.2, 0) is 10.9 Å². The van der Waals surface area contributed by atoms with Gasteiger partial charge in [0, 0.05) is 18.1 Å². The van der Waals surface area contributed by atoms with Crippen molar-refractivity contribution in [3.8, 4) is 11.4 Å². The molecule has 2 N–H and O–H groups in total. The van der Waals surface area contributed by atoms with Crippen LogP contribution in [0.2, 0.25) is 0 Å². The minimum absolute atomic E-state index is 0.00558. The van der Waals surface area contributed by atoms with E-state index in [1.165, 1.54) is 12.1 Å². The number of aliphatic imine (C=N–C) groups is 1. The molecule has 0 amide bonds. The lowest BCUT2D eigenvalue weighted by atomic mass is 10.1. The maximum atomic E-state index is 13.6. The summed E-state index contributed by atoms with van der Waals surface area (Å²) in [7, 11) is 1.57. The zero-order valence-electron chi connectivity index (χ0n) is 16.9. The van der Waals surface area contributed by atoms with Gasteiger partial charge < -0.3 is 15.4 Å². The second-order valence-corrected chi connectivity index (χ2v) is 7.06. The van der Waals surface area contributed by atoms with Gasteiger partial charge in [0.05, 0.1) is 17.6 Å². The normalized spacial score (nSPS) is 14.4. The Bertz CT molecular complexity index is 1190. The third-order valence-electron chi connectivity index (χ3n) is 4.80. The van der Waals surface area contributed by atoms with Crippen molar-refractivity contribution in [3.05, 3.63) is 65.5 Å². The summed E-state index contributed by atoms with van der Waals surface area (Å²) >= 11 is 0. The van der Waals surface area contributed by atoms with Gasteiger partial charge in [-0.3, -0.25) is 4.99 Å². The van der Waals surface area contributed by atoms with Crippen molar-refractivity contribution in [2.75, 3.05) is 25.6 Å². The van der Waals surface area contributed by atoms with Gasteiger partial charge in [0.2, 0.25) is 0 Å². The van der Waals surface area contributed by atoms with E-state index in [1.807, 2.05) is 19.1 Å². The fourth-order valence-corrected chi connectivity index (χ4v) is 3.28. The van der Waals surface area contributed by atoms with Crippen LogP contribution in [0.25, 0.3) is 22.3 Å². The number of halogens is 3. The van der Waals surface area contributed by atoms with E-state index in [4.69, 9.17) is 4.74 Å². The number of alkyl halides is 3. The number of methoxy groups -OCH3 is 1. The van der Waals surface area contributed by atoms with Gasteiger partial charge in [0.1, 0.15) is 24.1 Å². The fourth-order valence-electron chi connectivity index (χ4n) is 3.28. The molecular weight excluding hydrogens is 407 g/mol. The minimum Gasteiger partial charge on any atom is -0.377 e. The van der Waals surface area contributed by atoms with Crippen LogP contribution in [0.1, 0.15) is 12.5 Å². The number of amidine groups is 1. The summed E-state index contributed by atoms with van der Waals surface area (Å²) in [6, 6.07) is 12.5. The molecule has 0 atom stereocenters. The first-order chi connectivity index (χ1) is 14.9. The molecule has 160 valence electrons. The number of aromatic nitrogens is 2. The SMILES string of the molecule is COCC1=NCC(C)=C(Nc2nc(-c3ccccc3C(F)(F)F)nc3ccccc23)N1. The summed E-state index contributed by atoms with van der Waals surface area (Å²) in [5.74, 6) is 1.71. The first kappa shape index (κ1) is 20.8. The number of nitrogens with zero attached hydrogens (tertiary/aromatic N) is 3. The lowest BCUT2D eigenvalue weighted by Gasteiger charge is -2.22. The van der Waals surface area contributed by atoms with Crippen molar-refractivity contribution < 1.29 is 17.9 Å². The lowest BCUT2D eigenvalue weighted by molar-refractivity contribution is -0.137. The molecule has 9 heteroatoms. The van der Waals surface area contributed by atoms with Crippen LogP contribution in [0.3, 0.4) is 0 Å². The van der Waals surface area contributed by atoms with E-state index in [9.17, 15) is 13.2 Å². The van der Waals surface area contributed by atoms with Crippen LogP contribution < -0.4 is 10.6 Å². The molecule has 1 aromatic heterocycles. The van der Waals surface area contributed by atoms with E-state index in [2.05, 4.69) is 25.6 Å². The Morgan fingerprint density at radius 2 is 1.81 bits per heavy atom. The molecule has 1 aliphatic heterocycles. The first-order valence-corrected chi connectivity index (χ1v) is 9.56. The summed E-state index contributed by atoms with van der Waals surface area (Å²) in [5.41, 5.74) is 0.608. The average Bonchev–Trinajstić information content (AvgIpc) is 2.75. The molecule has 1 aliphatic rings. The monoisotopic (exact) mass is 427 g/mol. The quantitative estimate of drug-likeness (QED) is 0.622. The Morgan fingerprint density at radius 1 is 1.06 bits per heavy atom. The molecule has 0 unspecified atom stereocenters. The van der Waals surface area contributed by atoms with E-state index in [-0.39, 0.29) is 11.4 Å². The van der Waals surface area contributed by atoms with Gasteiger partial charge in [-0.05, 0) is 30.7 Å². The lowest BCUT2D eigenvalue weighted by Crippen LogP contribution is -2.35. The number of hydrogen-bond acceptors (Lipinski definition) is 6. The molecule has 0 radical (unpaired) electrons. The summed E-state index contributed by atoms with van der Waals surface area (Å²) < 4.78 is 45.9. The smallest absolute Gasteiger partial charge is 0.377 e. The van der Waals surface area contributed by atoms with Crippen LogP contribution in [-0.4, -0.2) is 36.1 Å². The van der Waals surface area contributed by atoms with Crippen molar-refractivity contribution in [1.82, 2.24) is 15.3 Å². The predicted octanol–water partition coefficient (Wildman–Crippen LogP) is 4.61. The van der Waals surface area contributed by atoms with E-state index < -0.39 is 11.7 Å². The largest absolute Gasteiger partial charge is 0.417 e. The number of hydrogen-bond donors (Lipinski definition) is 2. The number of benzene rings is 2. The summed E-state index contributed by atoms with van der Waals surface area (Å²) in [5, 5.41) is 7.08. The predicted molar refractivity (Wildman–Crippen MR) is 114 cm³/mol. The third-order valence-corrected chi connectivity index (χ3v) is 4.80. The van der Waals surface area contributed by atoms with Crippen LogP contribution in [0, 0.1) is 0 Å². The van der Waals surface area contributed by atoms with E-state index in [1.54, 1.807) is 25.3 Å². The minimum atomic E-state index is -4.52. The molecule has 4 rings (SSSR count). The van der Waals surface area contributed by atoms with Gasteiger partial charge in [0.25, 0.3) is 0 Å². The molecule has 0 bridgehead atoms. The topological polar surface area (TPSA) is 71.4 Å². The molecule has 0 aliphatic carbocycles. The maximum absolute atomic E-state index is 13.6. The van der Waals surface area contributed by atoms with Gasteiger partial charge in [-0.15, -0.1) is 0 Å². The van der Waals surface area contributed by atoms with Gasteiger partial charge in [0.15, 0.2) is 5.82 Å². The third kappa shape index (κ3) is 4.36. The van der Waals surface area contributed by atoms with Gasteiger partial charge >= 0.3 is 6.18 Å². The molecular formula is C22H20F3N5O. The van der Waals surface area contributed by atoms with E-state index >= 15 is 0 Å². The van der Waals surface area contributed by atoms with Crippen molar-refractivity contribution in [3.63, 3.8) is 0 Å². The average molecular weight is 427 g/mol.